The van der Waals surface area contributed by atoms with Crippen molar-refractivity contribution in [3.63, 3.8) is 0 Å². The van der Waals surface area contributed by atoms with Gasteiger partial charge in [-0.1, -0.05) is 60.7 Å². The number of methoxy groups -OCH3 is 2. The standard InChI is InChI=1S/C40H35N3O4/c1-27-34-24-28(26-41)14-19-33(34)38-35(37(27)39(44)46-3)25-36(29-10-6-4-7-11-29)40(47-38,30-12-8-5-9-13-30)43-22-20-42(21-23-43)31-15-17-32(45-2)18-16-31/h4-19,24-25H,20-23H2,1-3H3. The van der Waals surface area contributed by atoms with Crippen molar-refractivity contribution >= 4 is 34.1 Å². The van der Waals surface area contributed by atoms with Crippen LogP contribution in [-0.2, 0) is 10.5 Å². The molecule has 0 radical (unpaired) electrons. The van der Waals surface area contributed by atoms with Crippen molar-refractivity contribution in [3.05, 3.63) is 137 Å². The van der Waals surface area contributed by atoms with Gasteiger partial charge in [-0.05, 0) is 72.0 Å². The minimum absolute atomic E-state index is 0.435. The summed E-state index contributed by atoms with van der Waals surface area (Å²) in [5, 5.41) is 11.4. The smallest absolute Gasteiger partial charge is 0.338 e. The van der Waals surface area contributed by atoms with Crippen LogP contribution in [0.1, 0.15) is 38.2 Å². The maximum atomic E-state index is 13.5. The number of rotatable bonds is 6. The minimum Gasteiger partial charge on any atom is -0.497 e. The van der Waals surface area contributed by atoms with Crippen LogP contribution < -0.4 is 14.4 Å². The molecule has 0 saturated carbocycles. The number of carbonyl (C=O) groups excluding carboxylic acids is 1. The van der Waals surface area contributed by atoms with Crippen LogP contribution in [0.4, 0.5) is 5.69 Å². The highest BCUT2D eigenvalue weighted by Crippen LogP contribution is 2.52. The van der Waals surface area contributed by atoms with E-state index in [0.717, 1.165) is 57.6 Å². The molecule has 0 spiro atoms. The van der Waals surface area contributed by atoms with E-state index in [9.17, 15) is 10.1 Å². The van der Waals surface area contributed by atoms with E-state index in [1.807, 2.05) is 67.6 Å². The molecule has 2 heterocycles. The van der Waals surface area contributed by atoms with E-state index in [-0.39, 0.29) is 0 Å². The topological polar surface area (TPSA) is 75.0 Å². The average molecular weight is 622 g/mol. The normalized spacial score (nSPS) is 17.7. The summed E-state index contributed by atoms with van der Waals surface area (Å²) < 4.78 is 18.2. The van der Waals surface area contributed by atoms with Gasteiger partial charge >= 0.3 is 5.97 Å². The van der Waals surface area contributed by atoms with Gasteiger partial charge in [-0.2, -0.15) is 5.26 Å². The molecule has 1 atom stereocenters. The molecule has 1 saturated heterocycles. The summed E-state index contributed by atoms with van der Waals surface area (Å²) in [5.41, 5.74) is 5.40. The van der Waals surface area contributed by atoms with E-state index in [1.54, 1.807) is 13.2 Å². The third-order valence-electron chi connectivity index (χ3n) is 9.39. The molecular weight excluding hydrogens is 586 g/mol. The number of anilines is 1. The van der Waals surface area contributed by atoms with Crippen molar-refractivity contribution in [2.75, 3.05) is 45.3 Å². The molecule has 0 aromatic heterocycles. The monoisotopic (exact) mass is 621 g/mol. The Morgan fingerprint density at radius 3 is 2.17 bits per heavy atom. The third kappa shape index (κ3) is 5.08. The van der Waals surface area contributed by atoms with E-state index in [1.165, 1.54) is 7.11 Å². The average Bonchev–Trinajstić information content (AvgIpc) is 3.15. The fraction of sp³-hybridized carbons (Fsp3) is 0.200. The number of fused-ring (bicyclic) bond motifs is 3. The predicted octanol–water partition coefficient (Wildman–Crippen LogP) is 7.42. The first-order chi connectivity index (χ1) is 23.0. The number of ether oxygens (including phenoxy) is 3. The molecule has 0 N–H and O–H groups in total. The highest BCUT2D eigenvalue weighted by Gasteiger charge is 2.49. The molecule has 7 nitrogen and oxygen atoms in total. The number of nitriles is 1. The van der Waals surface area contributed by atoms with E-state index >= 15 is 0 Å². The Kier molecular flexibility index (Phi) is 7.88. The molecule has 0 amide bonds. The summed E-state index contributed by atoms with van der Waals surface area (Å²) >= 11 is 0. The van der Waals surface area contributed by atoms with Gasteiger partial charge in [-0.25, -0.2) is 4.79 Å². The van der Waals surface area contributed by atoms with Gasteiger partial charge < -0.3 is 19.1 Å². The molecule has 234 valence electrons. The van der Waals surface area contributed by atoms with E-state index in [2.05, 4.69) is 58.3 Å². The van der Waals surface area contributed by atoms with Crippen LogP contribution in [0.3, 0.4) is 0 Å². The van der Waals surface area contributed by atoms with Gasteiger partial charge in [-0.3, -0.25) is 4.90 Å². The second-order valence-corrected chi connectivity index (χ2v) is 11.8. The summed E-state index contributed by atoms with van der Waals surface area (Å²) in [7, 11) is 3.07. The van der Waals surface area contributed by atoms with Gasteiger partial charge in [0.2, 0.25) is 5.72 Å². The number of carbonyl (C=O) groups is 1. The zero-order valence-electron chi connectivity index (χ0n) is 26.7. The van der Waals surface area contributed by atoms with Crippen molar-refractivity contribution in [2.24, 2.45) is 0 Å². The van der Waals surface area contributed by atoms with Crippen LogP contribution >= 0.6 is 0 Å². The zero-order chi connectivity index (χ0) is 32.5. The number of esters is 1. The summed E-state index contributed by atoms with van der Waals surface area (Å²) in [5.74, 6) is 0.977. The summed E-state index contributed by atoms with van der Waals surface area (Å²) in [4.78, 5) is 18.3. The lowest BCUT2D eigenvalue weighted by Gasteiger charge is -2.51. The highest BCUT2D eigenvalue weighted by molar-refractivity contribution is 6.09. The Labute approximate surface area is 274 Å². The number of hydrogen-bond donors (Lipinski definition) is 0. The molecule has 1 fully saturated rings. The van der Waals surface area contributed by atoms with Crippen molar-refractivity contribution < 1.29 is 19.0 Å². The van der Waals surface area contributed by atoms with Gasteiger partial charge in [0, 0.05) is 54.0 Å². The Morgan fingerprint density at radius 1 is 0.851 bits per heavy atom. The highest BCUT2D eigenvalue weighted by atomic mass is 16.5. The number of nitrogens with zero attached hydrogens (tertiary/aromatic N) is 3. The molecule has 5 aromatic carbocycles. The number of benzene rings is 5. The van der Waals surface area contributed by atoms with Crippen LogP contribution in [0.2, 0.25) is 0 Å². The third-order valence-corrected chi connectivity index (χ3v) is 9.39. The summed E-state index contributed by atoms with van der Waals surface area (Å²) in [6.45, 7) is 4.91. The molecule has 7 rings (SSSR count). The lowest BCUT2D eigenvalue weighted by Crippen LogP contribution is -2.59. The van der Waals surface area contributed by atoms with Crippen LogP contribution in [0, 0.1) is 18.3 Å². The Hall–Kier alpha value is -5.58. The van der Waals surface area contributed by atoms with Crippen LogP contribution in [0.25, 0.3) is 22.4 Å². The van der Waals surface area contributed by atoms with Crippen molar-refractivity contribution in [1.29, 1.82) is 5.26 Å². The zero-order valence-corrected chi connectivity index (χ0v) is 26.7. The second kappa shape index (κ2) is 12.3. The number of aryl methyl sites for hydroxylation is 1. The maximum Gasteiger partial charge on any atom is 0.338 e. The first-order valence-corrected chi connectivity index (χ1v) is 15.7. The van der Waals surface area contributed by atoms with Crippen LogP contribution in [0.5, 0.6) is 11.5 Å². The minimum atomic E-state index is -1.02. The first-order valence-electron chi connectivity index (χ1n) is 15.7. The van der Waals surface area contributed by atoms with Crippen LogP contribution in [-0.4, -0.2) is 51.3 Å². The lowest BCUT2D eigenvalue weighted by molar-refractivity contribution is -0.0453. The summed E-state index contributed by atoms with van der Waals surface area (Å²) in [6, 6.07) is 36.6. The molecule has 0 aliphatic carbocycles. The molecule has 47 heavy (non-hydrogen) atoms. The van der Waals surface area contributed by atoms with E-state index < -0.39 is 11.7 Å². The van der Waals surface area contributed by atoms with E-state index in [4.69, 9.17) is 14.2 Å². The first kappa shape index (κ1) is 30.1. The largest absolute Gasteiger partial charge is 0.497 e. The number of hydrogen-bond acceptors (Lipinski definition) is 7. The molecule has 2 aliphatic rings. The SMILES string of the molecule is COC(=O)c1c2c(c3ccc(C#N)cc3c1C)OC(c1ccccc1)(N1CCN(c3ccc(OC)cc3)CC1)C(c1ccccc1)=C2. The van der Waals surface area contributed by atoms with Crippen molar-refractivity contribution in [1.82, 2.24) is 4.90 Å². The quantitative estimate of drug-likeness (QED) is 0.183. The van der Waals surface area contributed by atoms with E-state index in [0.29, 0.717) is 35.5 Å². The molecule has 0 bridgehead atoms. The van der Waals surface area contributed by atoms with Gasteiger partial charge in [0.05, 0.1) is 31.4 Å². The Morgan fingerprint density at radius 2 is 1.53 bits per heavy atom. The van der Waals surface area contributed by atoms with Gasteiger partial charge in [0.15, 0.2) is 0 Å². The fourth-order valence-electron chi connectivity index (χ4n) is 7.04. The molecular formula is C40H35N3O4. The Balaban J connectivity index is 1.45. The van der Waals surface area contributed by atoms with Crippen molar-refractivity contribution in [2.45, 2.75) is 12.6 Å². The molecule has 2 aliphatic heterocycles. The van der Waals surface area contributed by atoms with Crippen molar-refractivity contribution in [3.8, 4) is 17.6 Å². The van der Waals surface area contributed by atoms with Crippen LogP contribution in [0.15, 0.2) is 103 Å². The fourth-order valence-corrected chi connectivity index (χ4v) is 7.04. The molecule has 5 aromatic rings. The second-order valence-electron chi connectivity index (χ2n) is 11.8. The van der Waals surface area contributed by atoms with Gasteiger partial charge in [0.25, 0.3) is 0 Å². The lowest BCUT2D eigenvalue weighted by atomic mass is 9.81. The Bertz CT molecular complexity index is 2030. The van der Waals surface area contributed by atoms with Gasteiger partial charge in [0.1, 0.15) is 11.5 Å². The molecule has 7 heteroatoms. The molecule has 1 unspecified atom stereocenters. The maximum absolute atomic E-state index is 13.5. The predicted molar refractivity (Wildman–Crippen MR) is 185 cm³/mol. The number of piperazine rings is 1. The summed E-state index contributed by atoms with van der Waals surface area (Å²) in [6.07, 6.45) is 2.12. The van der Waals surface area contributed by atoms with Gasteiger partial charge in [-0.15, -0.1) is 0 Å².